The molecule has 1 aromatic carbocycles. The van der Waals surface area contributed by atoms with Gasteiger partial charge < -0.3 is 15.5 Å². The Kier molecular flexibility index (Phi) is 4.74. The van der Waals surface area contributed by atoms with Gasteiger partial charge in [0.2, 0.25) is 0 Å². The number of aryl methyl sites for hydroxylation is 1. The topological polar surface area (TPSA) is 68.3 Å². The first-order chi connectivity index (χ1) is 9.90. The lowest BCUT2D eigenvalue weighted by Crippen LogP contribution is -2.49. The third-order valence-electron chi connectivity index (χ3n) is 4.11. The molecule has 0 bridgehead atoms. The van der Waals surface area contributed by atoms with E-state index < -0.39 is 0 Å². The molecule has 4 nitrogen and oxygen atoms in total. The van der Waals surface area contributed by atoms with E-state index in [-0.39, 0.29) is 11.4 Å². The Morgan fingerprint density at radius 2 is 2.05 bits per heavy atom. The zero-order chi connectivity index (χ0) is 15.6. The highest BCUT2D eigenvalue weighted by Crippen LogP contribution is 2.28. The normalized spacial score (nSPS) is 11.9. The summed E-state index contributed by atoms with van der Waals surface area (Å²) in [4.78, 5) is 12.3. The lowest BCUT2D eigenvalue weighted by Gasteiger charge is -2.26. The Hall–Kier alpha value is -1.33. The van der Waals surface area contributed by atoms with Gasteiger partial charge in [-0.3, -0.25) is 4.79 Å². The number of nitrogens with two attached hydrogens (primary N) is 1. The average molecular weight is 353 g/mol. The number of fused-ring (bicyclic) bond motifs is 1. The SMILES string of the molecule is CCC(N)(CC)CNC(=O)c1oc2ccc(Br)cc2c1C. The van der Waals surface area contributed by atoms with Crippen molar-refractivity contribution in [2.45, 2.75) is 39.2 Å². The third kappa shape index (κ3) is 3.30. The molecule has 5 heteroatoms. The zero-order valence-corrected chi connectivity index (χ0v) is 14.2. The van der Waals surface area contributed by atoms with Crippen LogP contribution in [-0.2, 0) is 0 Å². The summed E-state index contributed by atoms with van der Waals surface area (Å²) in [6.45, 7) is 6.39. The summed E-state index contributed by atoms with van der Waals surface area (Å²) < 4.78 is 6.64. The number of carbonyl (C=O) groups excluding carboxylic acids is 1. The molecule has 0 aliphatic carbocycles. The van der Waals surface area contributed by atoms with E-state index in [9.17, 15) is 4.79 Å². The fourth-order valence-electron chi connectivity index (χ4n) is 2.25. The van der Waals surface area contributed by atoms with Gasteiger partial charge in [-0.2, -0.15) is 0 Å². The standard InChI is InChI=1S/C16H21BrN2O2/c1-4-16(18,5-2)9-19-15(20)14-10(3)12-8-11(17)6-7-13(12)21-14/h6-8H,4-5,9,18H2,1-3H3,(H,19,20). The summed E-state index contributed by atoms with van der Waals surface area (Å²) in [7, 11) is 0. The van der Waals surface area contributed by atoms with Crippen LogP contribution in [0.5, 0.6) is 0 Å². The van der Waals surface area contributed by atoms with E-state index >= 15 is 0 Å². The van der Waals surface area contributed by atoms with Crippen molar-refractivity contribution in [2.75, 3.05) is 6.54 Å². The lowest BCUT2D eigenvalue weighted by molar-refractivity contribution is 0.0915. The van der Waals surface area contributed by atoms with Crippen molar-refractivity contribution in [3.05, 3.63) is 34.0 Å². The van der Waals surface area contributed by atoms with Gasteiger partial charge in [-0.1, -0.05) is 29.8 Å². The summed E-state index contributed by atoms with van der Waals surface area (Å²) in [6, 6.07) is 5.71. The molecule has 0 spiro atoms. The van der Waals surface area contributed by atoms with Crippen LogP contribution in [0.4, 0.5) is 0 Å². The molecule has 1 amide bonds. The van der Waals surface area contributed by atoms with Crippen molar-refractivity contribution in [2.24, 2.45) is 5.73 Å². The quantitative estimate of drug-likeness (QED) is 0.860. The summed E-state index contributed by atoms with van der Waals surface area (Å²) >= 11 is 3.43. The number of rotatable bonds is 5. The molecular weight excluding hydrogens is 332 g/mol. The van der Waals surface area contributed by atoms with Crippen LogP contribution < -0.4 is 11.1 Å². The van der Waals surface area contributed by atoms with Gasteiger partial charge in [0.25, 0.3) is 5.91 Å². The Labute approximate surface area is 133 Å². The fraction of sp³-hybridized carbons (Fsp3) is 0.438. The smallest absolute Gasteiger partial charge is 0.287 e. The molecule has 0 fully saturated rings. The zero-order valence-electron chi connectivity index (χ0n) is 12.6. The molecule has 21 heavy (non-hydrogen) atoms. The lowest BCUT2D eigenvalue weighted by atomic mass is 9.94. The van der Waals surface area contributed by atoms with Crippen molar-refractivity contribution in [3.63, 3.8) is 0 Å². The van der Waals surface area contributed by atoms with E-state index in [4.69, 9.17) is 10.2 Å². The number of carbonyl (C=O) groups is 1. The summed E-state index contributed by atoms with van der Waals surface area (Å²) in [5.41, 5.74) is 7.40. The van der Waals surface area contributed by atoms with Crippen molar-refractivity contribution in [1.82, 2.24) is 5.32 Å². The van der Waals surface area contributed by atoms with Crippen LogP contribution in [0, 0.1) is 6.92 Å². The minimum absolute atomic E-state index is 0.212. The first-order valence-electron chi connectivity index (χ1n) is 7.16. The first-order valence-corrected chi connectivity index (χ1v) is 7.95. The third-order valence-corrected chi connectivity index (χ3v) is 4.61. The van der Waals surface area contributed by atoms with Gasteiger partial charge in [-0.05, 0) is 38.0 Å². The maximum absolute atomic E-state index is 12.3. The van der Waals surface area contributed by atoms with Crippen LogP contribution in [0.1, 0.15) is 42.8 Å². The minimum Gasteiger partial charge on any atom is -0.451 e. The Morgan fingerprint density at radius 1 is 1.38 bits per heavy atom. The van der Waals surface area contributed by atoms with Gasteiger partial charge in [0.1, 0.15) is 5.58 Å². The van der Waals surface area contributed by atoms with E-state index in [0.29, 0.717) is 17.9 Å². The molecule has 0 saturated heterocycles. The van der Waals surface area contributed by atoms with Gasteiger partial charge >= 0.3 is 0 Å². The molecule has 2 aromatic rings. The van der Waals surface area contributed by atoms with Crippen molar-refractivity contribution >= 4 is 32.8 Å². The number of halogens is 1. The number of hydrogen-bond acceptors (Lipinski definition) is 3. The van der Waals surface area contributed by atoms with Gasteiger partial charge in [-0.25, -0.2) is 0 Å². The van der Waals surface area contributed by atoms with Gasteiger partial charge in [0, 0.05) is 27.5 Å². The summed E-state index contributed by atoms with van der Waals surface area (Å²) in [5, 5.41) is 3.83. The van der Waals surface area contributed by atoms with Crippen molar-refractivity contribution in [1.29, 1.82) is 0 Å². The molecule has 114 valence electrons. The molecule has 0 unspecified atom stereocenters. The van der Waals surface area contributed by atoms with Crippen LogP contribution in [0.25, 0.3) is 11.0 Å². The number of amides is 1. The van der Waals surface area contributed by atoms with Crippen LogP contribution in [0.15, 0.2) is 27.1 Å². The number of hydrogen-bond donors (Lipinski definition) is 2. The van der Waals surface area contributed by atoms with Crippen molar-refractivity contribution in [3.8, 4) is 0 Å². The number of benzene rings is 1. The van der Waals surface area contributed by atoms with Crippen LogP contribution in [0.3, 0.4) is 0 Å². The molecule has 0 aliphatic rings. The molecule has 1 aromatic heterocycles. The second-order valence-corrected chi connectivity index (χ2v) is 6.36. The van der Waals surface area contributed by atoms with Crippen LogP contribution in [-0.4, -0.2) is 18.0 Å². The van der Waals surface area contributed by atoms with Crippen molar-refractivity contribution < 1.29 is 9.21 Å². The predicted octanol–water partition coefficient (Wildman–Crippen LogP) is 3.75. The first kappa shape index (κ1) is 16.0. The highest BCUT2D eigenvalue weighted by atomic mass is 79.9. The van der Waals surface area contributed by atoms with E-state index in [0.717, 1.165) is 28.3 Å². The van der Waals surface area contributed by atoms with Gasteiger partial charge in [0.05, 0.1) is 0 Å². The Balaban J connectivity index is 2.22. The molecule has 1 heterocycles. The average Bonchev–Trinajstić information content (AvgIpc) is 2.81. The Morgan fingerprint density at radius 3 is 2.67 bits per heavy atom. The molecule has 0 saturated carbocycles. The van der Waals surface area contributed by atoms with E-state index in [1.165, 1.54) is 0 Å². The van der Waals surface area contributed by atoms with E-state index in [2.05, 4.69) is 21.2 Å². The minimum atomic E-state index is -0.362. The fourth-order valence-corrected chi connectivity index (χ4v) is 2.61. The molecule has 0 aliphatic heterocycles. The van der Waals surface area contributed by atoms with Gasteiger partial charge in [0.15, 0.2) is 5.76 Å². The van der Waals surface area contributed by atoms with Crippen LogP contribution >= 0.6 is 15.9 Å². The van der Waals surface area contributed by atoms with E-state index in [1.54, 1.807) is 0 Å². The summed E-state index contributed by atoms with van der Waals surface area (Å²) in [6.07, 6.45) is 1.63. The molecule has 0 radical (unpaired) electrons. The molecule has 0 atom stereocenters. The predicted molar refractivity (Wildman–Crippen MR) is 88.5 cm³/mol. The maximum Gasteiger partial charge on any atom is 0.287 e. The highest BCUT2D eigenvalue weighted by molar-refractivity contribution is 9.10. The van der Waals surface area contributed by atoms with Crippen LogP contribution in [0.2, 0.25) is 0 Å². The Bertz CT molecular complexity index is 660. The number of nitrogens with one attached hydrogen (secondary N) is 1. The molecular formula is C16H21BrN2O2. The molecule has 3 N–H and O–H groups in total. The summed E-state index contributed by atoms with van der Waals surface area (Å²) in [5.74, 6) is 0.147. The largest absolute Gasteiger partial charge is 0.451 e. The highest BCUT2D eigenvalue weighted by Gasteiger charge is 2.23. The monoisotopic (exact) mass is 352 g/mol. The number of furan rings is 1. The molecule has 2 rings (SSSR count). The maximum atomic E-state index is 12.3. The van der Waals surface area contributed by atoms with E-state index in [1.807, 2.05) is 39.0 Å². The second-order valence-electron chi connectivity index (χ2n) is 5.45. The second kappa shape index (κ2) is 6.20. The van der Waals surface area contributed by atoms with Gasteiger partial charge in [-0.15, -0.1) is 0 Å².